The van der Waals surface area contributed by atoms with E-state index in [9.17, 15) is 9.59 Å². The third-order valence-electron chi connectivity index (χ3n) is 6.23. The molecule has 4 nitrogen and oxygen atoms in total. The first-order valence-corrected chi connectivity index (χ1v) is 11.6. The largest absolute Gasteiger partial charge is 0.356 e. The van der Waals surface area contributed by atoms with Gasteiger partial charge in [0.25, 0.3) is 0 Å². The minimum absolute atomic E-state index is 0.00505. The Balaban J connectivity index is 1.30. The Morgan fingerprint density at radius 2 is 1.69 bits per heavy atom. The van der Waals surface area contributed by atoms with Crippen molar-refractivity contribution in [1.29, 1.82) is 0 Å². The Morgan fingerprint density at radius 1 is 0.875 bits per heavy atom. The fourth-order valence-electron chi connectivity index (χ4n) is 4.44. The van der Waals surface area contributed by atoms with E-state index in [4.69, 9.17) is 0 Å². The van der Waals surface area contributed by atoms with Gasteiger partial charge in [0.05, 0.1) is 0 Å². The van der Waals surface area contributed by atoms with Gasteiger partial charge < -0.3 is 5.32 Å². The summed E-state index contributed by atoms with van der Waals surface area (Å²) in [5.41, 5.74) is 4.00. The Labute approximate surface area is 190 Å². The van der Waals surface area contributed by atoms with Crippen molar-refractivity contribution in [3.63, 3.8) is 0 Å². The summed E-state index contributed by atoms with van der Waals surface area (Å²) in [6.07, 6.45) is 10.1. The standard InChI is InChI=1S/C28H30N2O2/c31-27(13-5-9-21-7-1-2-8-21)23-10-6-11-25(20-23)30-24-16-14-22(15-17-24)19-28(32)26-12-3-4-18-29-26/h3-4,6,10-12,14-18,20-21,30H,1-2,5,7-9,13,19H2. The van der Waals surface area contributed by atoms with Crippen molar-refractivity contribution >= 4 is 22.9 Å². The van der Waals surface area contributed by atoms with E-state index in [-0.39, 0.29) is 11.6 Å². The molecule has 164 valence electrons. The van der Waals surface area contributed by atoms with Crippen LogP contribution in [0.2, 0.25) is 0 Å². The van der Waals surface area contributed by atoms with Crippen LogP contribution in [0.4, 0.5) is 11.4 Å². The first kappa shape index (κ1) is 21.9. The number of aromatic nitrogens is 1. The zero-order valence-corrected chi connectivity index (χ0v) is 18.4. The lowest BCUT2D eigenvalue weighted by atomic mass is 9.98. The molecule has 0 atom stereocenters. The highest BCUT2D eigenvalue weighted by molar-refractivity contribution is 5.97. The van der Waals surface area contributed by atoms with Gasteiger partial charge in [0, 0.05) is 36.0 Å². The SMILES string of the molecule is O=C(CCCC1CCCC1)c1cccc(Nc2ccc(CC(=O)c3ccccn3)cc2)c1. The maximum Gasteiger partial charge on any atom is 0.185 e. The van der Waals surface area contributed by atoms with Crippen molar-refractivity contribution in [3.8, 4) is 0 Å². The zero-order valence-electron chi connectivity index (χ0n) is 18.4. The van der Waals surface area contributed by atoms with E-state index in [1.165, 1.54) is 32.1 Å². The molecule has 1 aliphatic rings. The fraction of sp³-hybridized carbons (Fsp3) is 0.321. The number of carbonyl (C=O) groups is 2. The molecule has 1 aliphatic carbocycles. The number of hydrogen-bond acceptors (Lipinski definition) is 4. The van der Waals surface area contributed by atoms with Crippen molar-refractivity contribution < 1.29 is 9.59 Å². The van der Waals surface area contributed by atoms with Crippen molar-refractivity contribution in [2.24, 2.45) is 5.92 Å². The van der Waals surface area contributed by atoms with Crippen LogP contribution in [-0.2, 0) is 6.42 Å². The summed E-state index contributed by atoms with van der Waals surface area (Å²) in [5.74, 6) is 1.05. The van der Waals surface area contributed by atoms with Crippen molar-refractivity contribution in [2.45, 2.75) is 51.4 Å². The van der Waals surface area contributed by atoms with E-state index < -0.39 is 0 Å². The number of rotatable bonds is 10. The predicted octanol–water partition coefficient (Wildman–Crippen LogP) is 6.79. The average molecular weight is 427 g/mol. The van der Waals surface area contributed by atoms with Gasteiger partial charge in [-0.15, -0.1) is 0 Å². The molecule has 3 aromatic rings. The second-order valence-electron chi connectivity index (χ2n) is 8.68. The van der Waals surface area contributed by atoms with E-state index in [1.807, 2.05) is 54.6 Å². The van der Waals surface area contributed by atoms with Gasteiger partial charge in [-0.25, -0.2) is 0 Å². The van der Waals surface area contributed by atoms with Crippen LogP contribution in [0.3, 0.4) is 0 Å². The summed E-state index contributed by atoms with van der Waals surface area (Å²) in [5, 5.41) is 3.36. The van der Waals surface area contributed by atoms with Gasteiger partial charge in [-0.3, -0.25) is 14.6 Å². The van der Waals surface area contributed by atoms with Crippen LogP contribution >= 0.6 is 0 Å². The molecule has 1 heterocycles. The summed E-state index contributed by atoms with van der Waals surface area (Å²) in [4.78, 5) is 29.1. The van der Waals surface area contributed by atoms with Gasteiger partial charge in [0.1, 0.15) is 5.69 Å². The average Bonchev–Trinajstić information content (AvgIpc) is 3.35. The van der Waals surface area contributed by atoms with E-state index in [0.717, 1.165) is 34.8 Å². The van der Waals surface area contributed by atoms with Gasteiger partial charge in [0.15, 0.2) is 11.6 Å². The Morgan fingerprint density at radius 3 is 2.44 bits per heavy atom. The maximum atomic E-state index is 12.6. The quantitative estimate of drug-likeness (QED) is 0.362. The topological polar surface area (TPSA) is 59.1 Å². The van der Waals surface area contributed by atoms with E-state index >= 15 is 0 Å². The molecule has 1 fully saturated rings. The molecule has 1 N–H and O–H groups in total. The third-order valence-corrected chi connectivity index (χ3v) is 6.23. The molecule has 0 saturated heterocycles. The second kappa shape index (κ2) is 10.9. The molecule has 0 radical (unpaired) electrons. The number of nitrogens with zero attached hydrogens (tertiary/aromatic N) is 1. The van der Waals surface area contributed by atoms with Crippen LogP contribution in [0.15, 0.2) is 72.9 Å². The highest BCUT2D eigenvalue weighted by atomic mass is 16.1. The number of anilines is 2. The van der Waals surface area contributed by atoms with Crippen LogP contribution in [0.5, 0.6) is 0 Å². The molecule has 1 saturated carbocycles. The molecule has 0 unspecified atom stereocenters. The Hall–Kier alpha value is -3.27. The molecule has 32 heavy (non-hydrogen) atoms. The lowest BCUT2D eigenvalue weighted by Crippen LogP contribution is -2.05. The van der Waals surface area contributed by atoms with Gasteiger partial charge in [0.2, 0.25) is 0 Å². The van der Waals surface area contributed by atoms with Crippen LogP contribution in [0, 0.1) is 5.92 Å². The van der Waals surface area contributed by atoms with Crippen LogP contribution in [-0.4, -0.2) is 16.6 Å². The highest BCUT2D eigenvalue weighted by Crippen LogP contribution is 2.29. The van der Waals surface area contributed by atoms with Gasteiger partial charge >= 0.3 is 0 Å². The summed E-state index contributed by atoms with van der Waals surface area (Å²) in [6, 6.07) is 20.9. The molecular formula is C28H30N2O2. The van der Waals surface area contributed by atoms with Crippen molar-refractivity contribution in [1.82, 2.24) is 4.98 Å². The molecular weight excluding hydrogens is 396 g/mol. The fourth-order valence-corrected chi connectivity index (χ4v) is 4.44. The molecule has 0 aliphatic heterocycles. The number of nitrogens with one attached hydrogen (secondary N) is 1. The first-order valence-electron chi connectivity index (χ1n) is 11.6. The van der Waals surface area contributed by atoms with Crippen molar-refractivity contribution in [2.75, 3.05) is 5.32 Å². The minimum Gasteiger partial charge on any atom is -0.356 e. The van der Waals surface area contributed by atoms with Crippen molar-refractivity contribution in [3.05, 3.63) is 89.7 Å². The summed E-state index contributed by atoms with van der Waals surface area (Å²) in [6.45, 7) is 0. The number of hydrogen-bond donors (Lipinski definition) is 1. The molecule has 1 aromatic heterocycles. The molecule has 4 heteroatoms. The highest BCUT2D eigenvalue weighted by Gasteiger charge is 2.15. The normalized spacial score (nSPS) is 13.8. The summed E-state index contributed by atoms with van der Waals surface area (Å²) in [7, 11) is 0. The first-order chi connectivity index (χ1) is 15.7. The number of carbonyl (C=O) groups excluding carboxylic acids is 2. The molecule has 4 rings (SSSR count). The van der Waals surface area contributed by atoms with E-state index in [0.29, 0.717) is 18.5 Å². The Bertz CT molecular complexity index is 1040. The molecule has 0 bridgehead atoms. The molecule has 2 aromatic carbocycles. The van der Waals surface area contributed by atoms with Gasteiger partial charge in [-0.05, 0) is 54.3 Å². The zero-order chi connectivity index (χ0) is 22.2. The number of pyridine rings is 1. The Kier molecular flexibility index (Phi) is 7.44. The monoisotopic (exact) mass is 426 g/mol. The summed E-state index contributed by atoms with van der Waals surface area (Å²) >= 11 is 0. The second-order valence-corrected chi connectivity index (χ2v) is 8.68. The van der Waals surface area contributed by atoms with Gasteiger partial charge in [-0.1, -0.05) is 62.4 Å². The minimum atomic E-state index is 0.00505. The number of Topliss-reactive ketones (excluding diaryl/α,β-unsaturated/α-hetero) is 2. The van der Waals surface area contributed by atoms with E-state index in [1.54, 1.807) is 18.3 Å². The number of benzene rings is 2. The molecule has 0 spiro atoms. The third kappa shape index (κ3) is 6.13. The lowest BCUT2D eigenvalue weighted by Gasteiger charge is -2.10. The lowest BCUT2D eigenvalue weighted by molar-refractivity contribution is 0.0973. The smallest absolute Gasteiger partial charge is 0.185 e. The van der Waals surface area contributed by atoms with Crippen LogP contribution in [0.1, 0.15) is 71.4 Å². The van der Waals surface area contributed by atoms with E-state index in [2.05, 4.69) is 10.3 Å². The predicted molar refractivity (Wildman–Crippen MR) is 129 cm³/mol. The van der Waals surface area contributed by atoms with Gasteiger partial charge in [-0.2, -0.15) is 0 Å². The molecule has 0 amide bonds. The number of ketones is 2. The summed E-state index contributed by atoms with van der Waals surface area (Å²) < 4.78 is 0. The van der Waals surface area contributed by atoms with Crippen LogP contribution < -0.4 is 5.32 Å². The maximum absolute atomic E-state index is 12.6. The van der Waals surface area contributed by atoms with Crippen LogP contribution in [0.25, 0.3) is 0 Å².